The Morgan fingerprint density at radius 1 is 1.20 bits per heavy atom. The van der Waals surface area contributed by atoms with Crippen LogP contribution < -0.4 is 4.74 Å². The van der Waals surface area contributed by atoms with Gasteiger partial charge in [0.2, 0.25) is 0 Å². The Morgan fingerprint density at radius 3 is 2.56 bits per heavy atom. The predicted molar refractivity (Wildman–Crippen MR) is 98.6 cm³/mol. The van der Waals surface area contributed by atoms with E-state index in [1.807, 2.05) is 36.6 Å². The molecule has 1 heterocycles. The Bertz CT molecular complexity index is 922. The average Bonchev–Trinajstić information content (AvgIpc) is 3.12. The summed E-state index contributed by atoms with van der Waals surface area (Å²) >= 11 is 1.39. The number of hydrogen-bond acceptors (Lipinski definition) is 4. The summed E-state index contributed by atoms with van der Waals surface area (Å²) in [6, 6.07) is 15.9. The van der Waals surface area contributed by atoms with Gasteiger partial charge in [-0.25, -0.2) is 9.37 Å². The molecule has 1 aromatic heterocycles. The number of ether oxygens (including phenoxy) is 1. The molecule has 0 unspecified atom stereocenters. The zero-order chi connectivity index (χ0) is 17.6. The van der Waals surface area contributed by atoms with Gasteiger partial charge < -0.3 is 4.74 Å². The second-order valence-corrected chi connectivity index (χ2v) is 6.07. The smallest absolute Gasteiger partial charge is 0.134 e. The number of hydrogen-bond donors (Lipinski definition) is 0. The molecule has 0 radical (unpaired) electrons. The Morgan fingerprint density at radius 2 is 1.92 bits per heavy atom. The van der Waals surface area contributed by atoms with E-state index in [1.54, 1.807) is 18.2 Å². The van der Waals surface area contributed by atoms with E-state index in [0.717, 1.165) is 22.6 Å². The fourth-order valence-electron chi connectivity index (χ4n) is 2.29. The van der Waals surface area contributed by atoms with Crippen molar-refractivity contribution in [1.29, 1.82) is 5.26 Å². The molecule has 0 aliphatic heterocycles. The number of aromatic nitrogens is 1. The molecule has 2 aromatic carbocycles. The molecule has 0 amide bonds. The van der Waals surface area contributed by atoms with Crippen LogP contribution in [-0.4, -0.2) is 11.6 Å². The van der Waals surface area contributed by atoms with Crippen molar-refractivity contribution >= 4 is 23.0 Å². The van der Waals surface area contributed by atoms with Crippen LogP contribution in [0.1, 0.15) is 17.5 Å². The molecule has 0 saturated heterocycles. The van der Waals surface area contributed by atoms with Gasteiger partial charge in [-0.2, -0.15) is 5.26 Å². The van der Waals surface area contributed by atoms with Gasteiger partial charge in [0.15, 0.2) is 0 Å². The van der Waals surface area contributed by atoms with Crippen molar-refractivity contribution in [2.75, 3.05) is 6.61 Å². The maximum absolute atomic E-state index is 13.0. The maximum Gasteiger partial charge on any atom is 0.134 e. The number of benzene rings is 2. The number of rotatable bonds is 5. The number of allylic oxidation sites excluding steroid dienone is 1. The molecule has 3 rings (SSSR count). The summed E-state index contributed by atoms with van der Waals surface area (Å²) in [4.78, 5) is 4.51. The van der Waals surface area contributed by atoms with E-state index in [1.165, 1.54) is 23.5 Å². The molecule has 0 fully saturated rings. The van der Waals surface area contributed by atoms with Crippen molar-refractivity contribution in [3.05, 3.63) is 70.3 Å². The highest BCUT2D eigenvalue weighted by atomic mass is 32.1. The van der Waals surface area contributed by atoms with Crippen molar-refractivity contribution in [3.63, 3.8) is 0 Å². The highest BCUT2D eigenvalue weighted by Crippen LogP contribution is 2.27. The number of halogens is 1. The van der Waals surface area contributed by atoms with E-state index in [-0.39, 0.29) is 5.82 Å². The van der Waals surface area contributed by atoms with Crippen LogP contribution in [0.2, 0.25) is 0 Å². The quantitative estimate of drug-likeness (QED) is 0.578. The fraction of sp³-hybridized carbons (Fsp3) is 0.100. The van der Waals surface area contributed by atoms with Crippen LogP contribution in [-0.2, 0) is 0 Å². The first-order chi connectivity index (χ1) is 12.2. The largest absolute Gasteiger partial charge is 0.494 e. The van der Waals surface area contributed by atoms with E-state index in [4.69, 9.17) is 4.74 Å². The minimum atomic E-state index is -0.285. The van der Waals surface area contributed by atoms with Crippen LogP contribution in [0.25, 0.3) is 22.9 Å². The molecule has 124 valence electrons. The zero-order valence-electron chi connectivity index (χ0n) is 13.6. The van der Waals surface area contributed by atoms with Gasteiger partial charge in [-0.3, -0.25) is 0 Å². The SMILES string of the molecule is CCOc1ccc(C=C(C#N)c2nc(-c3ccc(F)cc3)cs2)cc1. The van der Waals surface area contributed by atoms with Crippen molar-refractivity contribution in [3.8, 4) is 23.1 Å². The molecule has 25 heavy (non-hydrogen) atoms. The van der Waals surface area contributed by atoms with Crippen molar-refractivity contribution in [2.45, 2.75) is 6.92 Å². The molecule has 0 N–H and O–H groups in total. The van der Waals surface area contributed by atoms with Crippen molar-refractivity contribution in [1.82, 2.24) is 4.98 Å². The van der Waals surface area contributed by atoms with Gasteiger partial charge >= 0.3 is 0 Å². The fourth-order valence-corrected chi connectivity index (χ4v) is 3.08. The molecule has 0 bridgehead atoms. The van der Waals surface area contributed by atoms with Crippen molar-refractivity contribution in [2.24, 2.45) is 0 Å². The van der Waals surface area contributed by atoms with Gasteiger partial charge in [-0.05, 0) is 55.0 Å². The van der Waals surface area contributed by atoms with Crippen LogP contribution in [0.3, 0.4) is 0 Å². The van der Waals surface area contributed by atoms with Crippen LogP contribution in [0.5, 0.6) is 5.75 Å². The van der Waals surface area contributed by atoms with Crippen LogP contribution in [0.4, 0.5) is 4.39 Å². The lowest BCUT2D eigenvalue weighted by Crippen LogP contribution is -1.90. The Balaban J connectivity index is 1.86. The molecular weight excluding hydrogens is 335 g/mol. The molecule has 0 spiro atoms. The molecule has 0 atom stereocenters. The summed E-state index contributed by atoms with van der Waals surface area (Å²) in [7, 11) is 0. The highest BCUT2D eigenvalue weighted by Gasteiger charge is 2.09. The maximum atomic E-state index is 13.0. The number of nitriles is 1. The van der Waals surface area contributed by atoms with Gasteiger partial charge in [-0.15, -0.1) is 11.3 Å². The minimum Gasteiger partial charge on any atom is -0.494 e. The van der Waals surface area contributed by atoms with Gasteiger partial charge in [0.25, 0.3) is 0 Å². The molecule has 0 aliphatic rings. The van der Waals surface area contributed by atoms with Crippen LogP contribution >= 0.6 is 11.3 Å². The molecular formula is C20H15FN2OS. The first-order valence-corrected chi connectivity index (χ1v) is 8.64. The minimum absolute atomic E-state index is 0.285. The topological polar surface area (TPSA) is 45.9 Å². The monoisotopic (exact) mass is 350 g/mol. The summed E-state index contributed by atoms with van der Waals surface area (Å²) < 4.78 is 18.4. The van der Waals surface area contributed by atoms with Gasteiger partial charge in [0, 0.05) is 10.9 Å². The molecule has 5 heteroatoms. The summed E-state index contributed by atoms with van der Waals surface area (Å²) in [6.45, 7) is 2.55. The standard InChI is InChI=1S/C20H15FN2OS/c1-2-24-18-9-3-14(4-10-18)11-16(12-22)20-23-19(13-25-20)15-5-7-17(21)8-6-15/h3-11,13H,2H2,1H3. The first-order valence-electron chi connectivity index (χ1n) is 7.76. The Hall–Kier alpha value is -2.97. The first kappa shape index (κ1) is 16.9. The molecule has 3 aromatic rings. The summed E-state index contributed by atoms with van der Waals surface area (Å²) in [6.07, 6.45) is 1.79. The van der Waals surface area contributed by atoms with Gasteiger partial charge in [0.05, 0.1) is 17.9 Å². The lowest BCUT2D eigenvalue weighted by Gasteiger charge is -2.02. The lowest BCUT2D eigenvalue weighted by molar-refractivity contribution is 0.340. The zero-order valence-corrected chi connectivity index (χ0v) is 14.4. The second kappa shape index (κ2) is 7.73. The van der Waals surface area contributed by atoms with E-state index in [2.05, 4.69) is 11.1 Å². The molecule has 3 nitrogen and oxygen atoms in total. The van der Waals surface area contributed by atoms with Gasteiger partial charge in [-0.1, -0.05) is 12.1 Å². The third kappa shape index (κ3) is 4.11. The Labute approximate surface area is 149 Å². The second-order valence-electron chi connectivity index (χ2n) is 5.22. The third-order valence-corrected chi connectivity index (χ3v) is 4.37. The highest BCUT2D eigenvalue weighted by molar-refractivity contribution is 7.11. The Kier molecular flexibility index (Phi) is 5.22. The van der Waals surface area contributed by atoms with E-state index in [0.29, 0.717) is 17.2 Å². The third-order valence-electron chi connectivity index (χ3n) is 3.50. The van der Waals surface area contributed by atoms with Gasteiger partial charge in [0.1, 0.15) is 22.6 Å². The van der Waals surface area contributed by atoms with E-state index >= 15 is 0 Å². The average molecular weight is 350 g/mol. The van der Waals surface area contributed by atoms with E-state index in [9.17, 15) is 9.65 Å². The lowest BCUT2D eigenvalue weighted by atomic mass is 10.1. The predicted octanol–water partition coefficient (Wildman–Crippen LogP) is 5.41. The summed E-state index contributed by atoms with van der Waals surface area (Å²) in [5.41, 5.74) is 2.94. The summed E-state index contributed by atoms with van der Waals surface area (Å²) in [5, 5.41) is 12.0. The number of nitrogens with zero attached hydrogens (tertiary/aromatic N) is 2. The van der Waals surface area contributed by atoms with E-state index < -0.39 is 0 Å². The van der Waals surface area contributed by atoms with Crippen LogP contribution in [0, 0.1) is 17.1 Å². The summed E-state index contributed by atoms with van der Waals surface area (Å²) in [5.74, 6) is 0.512. The molecule has 0 aliphatic carbocycles. The van der Waals surface area contributed by atoms with Crippen LogP contribution in [0.15, 0.2) is 53.9 Å². The normalized spacial score (nSPS) is 11.2. The number of thiazole rings is 1. The molecule has 0 saturated carbocycles. The van der Waals surface area contributed by atoms with Crippen molar-refractivity contribution < 1.29 is 9.13 Å².